The van der Waals surface area contributed by atoms with Crippen molar-refractivity contribution in [1.29, 1.82) is 0 Å². The Labute approximate surface area is 159 Å². The van der Waals surface area contributed by atoms with E-state index in [-0.39, 0.29) is 17.3 Å². The first-order valence-electron chi connectivity index (χ1n) is 8.13. The maximum Gasteiger partial charge on any atom is 0.313 e. The van der Waals surface area contributed by atoms with Crippen LogP contribution in [0.15, 0.2) is 48.7 Å². The molecule has 0 aliphatic heterocycles. The van der Waals surface area contributed by atoms with Gasteiger partial charge in [0.1, 0.15) is 5.82 Å². The van der Waals surface area contributed by atoms with Crippen molar-refractivity contribution in [2.24, 2.45) is 7.05 Å². The molecule has 1 aromatic heterocycles. The Bertz CT molecular complexity index is 1020. The SMILES string of the molecule is Cn1cc([C@@H](O)CNC(=O)C(=O)Nc2ccc(F)c(Cl)c2)c2ccccc21. The fraction of sp³-hybridized carbons (Fsp3) is 0.158. The van der Waals surface area contributed by atoms with Gasteiger partial charge in [-0.1, -0.05) is 29.8 Å². The number of rotatable bonds is 4. The fourth-order valence-electron chi connectivity index (χ4n) is 2.78. The summed E-state index contributed by atoms with van der Waals surface area (Å²) in [5.74, 6) is -2.49. The zero-order chi connectivity index (χ0) is 19.6. The molecule has 0 fully saturated rings. The number of hydrogen-bond acceptors (Lipinski definition) is 3. The van der Waals surface area contributed by atoms with E-state index in [9.17, 15) is 19.1 Å². The van der Waals surface area contributed by atoms with Crippen molar-refractivity contribution < 1.29 is 19.1 Å². The second-order valence-corrected chi connectivity index (χ2v) is 6.43. The molecule has 27 heavy (non-hydrogen) atoms. The van der Waals surface area contributed by atoms with Crippen molar-refractivity contribution in [3.05, 3.63) is 65.1 Å². The maximum atomic E-state index is 13.1. The lowest BCUT2D eigenvalue weighted by atomic mass is 10.1. The minimum atomic E-state index is -0.979. The number of amides is 2. The van der Waals surface area contributed by atoms with E-state index in [1.807, 2.05) is 35.9 Å². The summed E-state index contributed by atoms with van der Waals surface area (Å²) in [4.78, 5) is 23.9. The van der Waals surface area contributed by atoms with Gasteiger partial charge >= 0.3 is 11.8 Å². The van der Waals surface area contributed by atoms with Gasteiger partial charge in [-0.05, 0) is 24.3 Å². The molecule has 0 aliphatic rings. The highest BCUT2D eigenvalue weighted by Gasteiger charge is 2.19. The highest BCUT2D eigenvalue weighted by Crippen LogP contribution is 2.25. The number of aliphatic hydroxyl groups is 1. The number of nitrogens with zero attached hydrogens (tertiary/aromatic N) is 1. The number of hydrogen-bond donors (Lipinski definition) is 3. The molecule has 0 saturated heterocycles. The average Bonchev–Trinajstić information content (AvgIpc) is 2.99. The molecule has 1 heterocycles. The molecular formula is C19H17ClFN3O3. The number of carbonyl (C=O) groups is 2. The van der Waals surface area contributed by atoms with Crippen LogP contribution in [0, 0.1) is 5.82 Å². The van der Waals surface area contributed by atoms with E-state index in [2.05, 4.69) is 10.6 Å². The van der Waals surface area contributed by atoms with Gasteiger partial charge in [-0.25, -0.2) is 4.39 Å². The van der Waals surface area contributed by atoms with Gasteiger partial charge < -0.3 is 20.3 Å². The Balaban J connectivity index is 1.62. The number of aromatic nitrogens is 1. The molecule has 3 rings (SSSR count). The molecule has 140 valence electrons. The van der Waals surface area contributed by atoms with Crippen LogP contribution in [-0.4, -0.2) is 28.0 Å². The third kappa shape index (κ3) is 4.10. The summed E-state index contributed by atoms with van der Waals surface area (Å²) in [6, 6.07) is 11.1. The van der Waals surface area contributed by atoms with E-state index < -0.39 is 23.7 Å². The van der Waals surface area contributed by atoms with Crippen LogP contribution in [0.25, 0.3) is 10.9 Å². The number of fused-ring (bicyclic) bond motifs is 1. The summed E-state index contributed by atoms with van der Waals surface area (Å²) in [5.41, 5.74) is 1.79. The van der Waals surface area contributed by atoms with Crippen LogP contribution in [0.2, 0.25) is 5.02 Å². The predicted octanol–water partition coefficient (Wildman–Crippen LogP) is 2.76. The standard InChI is InChI=1S/C19H17ClFN3O3/c1-24-10-13(12-4-2-3-5-16(12)24)17(25)9-22-18(26)19(27)23-11-6-7-15(21)14(20)8-11/h2-8,10,17,25H,9H2,1H3,(H,22,26)(H,23,27)/t17-/m0/s1. The number of nitrogens with one attached hydrogen (secondary N) is 2. The van der Waals surface area contributed by atoms with Gasteiger partial charge in [-0.2, -0.15) is 0 Å². The van der Waals surface area contributed by atoms with Crippen molar-refractivity contribution >= 4 is 40.0 Å². The maximum absolute atomic E-state index is 13.1. The van der Waals surface area contributed by atoms with Gasteiger partial charge in [0.15, 0.2) is 0 Å². The molecule has 0 radical (unpaired) electrons. The van der Waals surface area contributed by atoms with Crippen molar-refractivity contribution in [1.82, 2.24) is 9.88 Å². The summed E-state index contributed by atoms with van der Waals surface area (Å²) in [7, 11) is 1.86. The number of carbonyl (C=O) groups excluding carboxylic acids is 2. The van der Waals surface area contributed by atoms with Gasteiger partial charge in [-0.3, -0.25) is 9.59 Å². The fourth-order valence-corrected chi connectivity index (χ4v) is 2.96. The Morgan fingerprint density at radius 1 is 1.22 bits per heavy atom. The highest BCUT2D eigenvalue weighted by molar-refractivity contribution is 6.39. The first kappa shape index (κ1) is 18.9. The lowest BCUT2D eigenvalue weighted by Crippen LogP contribution is -2.37. The van der Waals surface area contributed by atoms with Crippen LogP contribution in [0.5, 0.6) is 0 Å². The lowest BCUT2D eigenvalue weighted by Gasteiger charge is -2.11. The number of aryl methyl sites for hydroxylation is 1. The van der Waals surface area contributed by atoms with Crippen molar-refractivity contribution in [3.63, 3.8) is 0 Å². The van der Waals surface area contributed by atoms with E-state index >= 15 is 0 Å². The second kappa shape index (κ2) is 7.77. The monoisotopic (exact) mass is 389 g/mol. The van der Waals surface area contributed by atoms with Crippen LogP contribution < -0.4 is 10.6 Å². The minimum Gasteiger partial charge on any atom is -0.386 e. The highest BCUT2D eigenvalue weighted by atomic mass is 35.5. The molecule has 0 unspecified atom stereocenters. The number of benzene rings is 2. The van der Waals surface area contributed by atoms with Crippen molar-refractivity contribution in [3.8, 4) is 0 Å². The summed E-state index contributed by atoms with van der Waals surface area (Å²) in [5, 5.41) is 15.8. The smallest absolute Gasteiger partial charge is 0.313 e. The Kier molecular flexibility index (Phi) is 5.43. The molecular weight excluding hydrogens is 373 g/mol. The van der Waals surface area contributed by atoms with Gasteiger partial charge in [0.2, 0.25) is 0 Å². The summed E-state index contributed by atoms with van der Waals surface area (Å²) in [6.07, 6.45) is 0.801. The van der Waals surface area contributed by atoms with E-state index in [0.717, 1.165) is 17.0 Å². The summed E-state index contributed by atoms with van der Waals surface area (Å²) < 4.78 is 15.0. The second-order valence-electron chi connectivity index (χ2n) is 6.02. The number of anilines is 1. The summed E-state index contributed by atoms with van der Waals surface area (Å²) in [6.45, 7) is -0.134. The number of halogens is 2. The third-order valence-electron chi connectivity index (χ3n) is 4.13. The van der Waals surface area contributed by atoms with Crippen molar-refractivity contribution in [2.45, 2.75) is 6.10 Å². The number of para-hydroxylation sites is 1. The molecule has 1 atom stereocenters. The summed E-state index contributed by atoms with van der Waals surface area (Å²) >= 11 is 5.64. The van der Waals surface area contributed by atoms with Gasteiger partial charge in [0, 0.05) is 41.9 Å². The van der Waals surface area contributed by atoms with Crippen LogP contribution in [-0.2, 0) is 16.6 Å². The zero-order valence-electron chi connectivity index (χ0n) is 14.4. The van der Waals surface area contributed by atoms with E-state index in [1.165, 1.54) is 12.1 Å². The molecule has 0 saturated carbocycles. The molecule has 3 aromatic rings. The molecule has 2 aromatic carbocycles. The van der Waals surface area contributed by atoms with E-state index in [0.29, 0.717) is 5.56 Å². The van der Waals surface area contributed by atoms with Gasteiger partial charge in [0.25, 0.3) is 0 Å². The largest absolute Gasteiger partial charge is 0.386 e. The Hall–Kier alpha value is -2.90. The van der Waals surface area contributed by atoms with E-state index in [4.69, 9.17) is 11.6 Å². The molecule has 3 N–H and O–H groups in total. The Morgan fingerprint density at radius 2 is 1.96 bits per heavy atom. The normalized spacial score (nSPS) is 12.0. The molecule has 0 aliphatic carbocycles. The predicted molar refractivity (Wildman–Crippen MR) is 101 cm³/mol. The average molecular weight is 390 g/mol. The minimum absolute atomic E-state index is 0.134. The van der Waals surface area contributed by atoms with Crippen LogP contribution in [0.1, 0.15) is 11.7 Å². The number of aliphatic hydroxyl groups excluding tert-OH is 1. The van der Waals surface area contributed by atoms with Crippen LogP contribution >= 0.6 is 11.6 Å². The van der Waals surface area contributed by atoms with Gasteiger partial charge in [0.05, 0.1) is 11.1 Å². The first-order valence-corrected chi connectivity index (χ1v) is 8.51. The third-order valence-corrected chi connectivity index (χ3v) is 4.42. The lowest BCUT2D eigenvalue weighted by molar-refractivity contribution is -0.136. The first-order chi connectivity index (χ1) is 12.9. The molecule has 6 nitrogen and oxygen atoms in total. The molecule has 2 amide bonds. The van der Waals surface area contributed by atoms with Gasteiger partial charge in [-0.15, -0.1) is 0 Å². The quantitative estimate of drug-likeness (QED) is 0.600. The molecule has 0 bridgehead atoms. The Morgan fingerprint density at radius 3 is 2.70 bits per heavy atom. The van der Waals surface area contributed by atoms with E-state index in [1.54, 1.807) is 6.20 Å². The zero-order valence-corrected chi connectivity index (χ0v) is 15.1. The topological polar surface area (TPSA) is 83.4 Å². The van der Waals surface area contributed by atoms with Crippen LogP contribution in [0.4, 0.5) is 10.1 Å². The molecule has 8 heteroatoms. The van der Waals surface area contributed by atoms with Crippen molar-refractivity contribution in [2.75, 3.05) is 11.9 Å². The molecule has 0 spiro atoms. The van der Waals surface area contributed by atoms with Crippen LogP contribution in [0.3, 0.4) is 0 Å².